The van der Waals surface area contributed by atoms with Crippen molar-refractivity contribution in [2.24, 2.45) is 5.73 Å². The molecule has 0 spiro atoms. The average Bonchev–Trinajstić information content (AvgIpc) is 2.76. The molecule has 1 unspecified atom stereocenters. The van der Waals surface area contributed by atoms with Gasteiger partial charge in [0.25, 0.3) is 0 Å². The second-order valence-electron chi connectivity index (χ2n) is 4.50. The first kappa shape index (κ1) is 12.3. The van der Waals surface area contributed by atoms with Crippen molar-refractivity contribution in [1.29, 1.82) is 0 Å². The molecule has 0 aliphatic rings. The van der Waals surface area contributed by atoms with Gasteiger partial charge in [0.05, 0.1) is 6.04 Å². The highest BCUT2D eigenvalue weighted by molar-refractivity contribution is 7.10. The third kappa shape index (κ3) is 2.43. The van der Waals surface area contributed by atoms with Gasteiger partial charge in [-0.05, 0) is 48.4 Å². The molecule has 90 valence electrons. The first-order chi connectivity index (χ1) is 8.13. The molecule has 0 aliphatic heterocycles. The molecule has 1 nitrogen and oxygen atoms in total. The Kier molecular flexibility index (Phi) is 3.65. The lowest BCUT2D eigenvalue weighted by Gasteiger charge is -2.15. The monoisotopic (exact) mass is 245 g/mol. The molecule has 0 bridgehead atoms. The normalized spacial score (nSPS) is 12.7. The molecule has 0 amide bonds. The summed E-state index contributed by atoms with van der Waals surface area (Å²) in [5.41, 5.74) is 11.6. The Balaban J connectivity index is 2.40. The van der Waals surface area contributed by atoms with E-state index in [-0.39, 0.29) is 6.04 Å². The van der Waals surface area contributed by atoms with Gasteiger partial charge in [0.2, 0.25) is 0 Å². The number of nitrogens with two attached hydrogens (primary N) is 1. The minimum Gasteiger partial charge on any atom is -0.320 e. The Morgan fingerprint density at radius 2 is 2.00 bits per heavy atom. The molecular weight excluding hydrogens is 226 g/mol. The third-order valence-electron chi connectivity index (χ3n) is 3.20. The van der Waals surface area contributed by atoms with E-state index in [0.29, 0.717) is 0 Å². The van der Waals surface area contributed by atoms with E-state index in [2.05, 4.69) is 50.4 Å². The number of hydrogen-bond acceptors (Lipinski definition) is 2. The van der Waals surface area contributed by atoms with Crippen LogP contribution in [0.4, 0.5) is 0 Å². The van der Waals surface area contributed by atoms with Gasteiger partial charge in [0.1, 0.15) is 0 Å². The van der Waals surface area contributed by atoms with Crippen LogP contribution in [-0.2, 0) is 6.42 Å². The van der Waals surface area contributed by atoms with Crippen molar-refractivity contribution in [2.75, 3.05) is 0 Å². The van der Waals surface area contributed by atoms with Crippen molar-refractivity contribution >= 4 is 11.3 Å². The summed E-state index contributed by atoms with van der Waals surface area (Å²) in [6.45, 7) is 6.44. The molecule has 0 saturated carbocycles. The predicted octanol–water partition coefficient (Wildman–Crippen LogP) is 3.98. The number of aryl methyl sites for hydroxylation is 3. The van der Waals surface area contributed by atoms with E-state index in [1.54, 1.807) is 11.3 Å². The second kappa shape index (κ2) is 5.03. The summed E-state index contributed by atoms with van der Waals surface area (Å²) in [4.78, 5) is 1.31. The summed E-state index contributed by atoms with van der Waals surface area (Å²) in [7, 11) is 0. The fourth-order valence-corrected chi connectivity index (χ4v) is 3.24. The number of rotatable bonds is 3. The Hall–Kier alpha value is -1.12. The van der Waals surface area contributed by atoms with Gasteiger partial charge in [-0.25, -0.2) is 0 Å². The molecule has 2 rings (SSSR count). The van der Waals surface area contributed by atoms with Crippen LogP contribution in [0.15, 0.2) is 29.6 Å². The summed E-state index contributed by atoms with van der Waals surface area (Å²) in [6.07, 6.45) is 1.05. The van der Waals surface area contributed by atoms with Crippen LogP contribution < -0.4 is 5.73 Å². The average molecular weight is 245 g/mol. The Morgan fingerprint density at radius 1 is 1.24 bits per heavy atom. The lowest BCUT2D eigenvalue weighted by Crippen LogP contribution is -2.13. The minimum atomic E-state index is 0.0190. The maximum absolute atomic E-state index is 6.40. The van der Waals surface area contributed by atoms with Crippen molar-refractivity contribution in [3.05, 3.63) is 56.8 Å². The predicted molar refractivity (Wildman–Crippen MR) is 75.6 cm³/mol. The van der Waals surface area contributed by atoms with E-state index in [0.717, 1.165) is 6.42 Å². The lowest BCUT2D eigenvalue weighted by molar-refractivity contribution is 0.864. The molecule has 2 aromatic rings. The van der Waals surface area contributed by atoms with Gasteiger partial charge in [-0.15, -0.1) is 11.3 Å². The zero-order valence-corrected chi connectivity index (χ0v) is 11.5. The maximum Gasteiger partial charge on any atom is 0.0651 e. The minimum absolute atomic E-state index is 0.0190. The zero-order valence-electron chi connectivity index (χ0n) is 10.7. The van der Waals surface area contributed by atoms with Crippen LogP contribution in [0.5, 0.6) is 0 Å². The topological polar surface area (TPSA) is 26.0 Å². The van der Waals surface area contributed by atoms with Gasteiger partial charge < -0.3 is 5.73 Å². The third-order valence-corrected chi connectivity index (χ3v) is 4.25. The Labute approximate surface area is 107 Å². The molecule has 0 aliphatic carbocycles. The van der Waals surface area contributed by atoms with Crippen molar-refractivity contribution in [3.63, 3.8) is 0 Å². The highest BCUT2D eigenvalue weighted by Crippen LogP contribution is 2.30. The number of hydrogen-bond donors (Lipinski definition) is 1. The summed E-state index contributed by atoms with van der Waals surface area (Å²) >= 11 is 1.76. The molecule has 0 fully saturated rings. The van der Waals surface area contributed by atoms with Crippen LogP contribution in [0, 0.1) is 13.8 Å². The fourth-order valence-electron chi connectivity index (χ4n) is 2.23. The molecule has 2 heteroatoms. The second-order valence-corrected chi connectivity index (χ2v) is 5.45. The lowest BCUT2D eigenvalue weighted by atomic mass is 9.97. The number of thiophene rings is 1. The summed E-state index contributed by atoms with van der Waals surface area (Å²) in [5, 5.41) is 2.14. The van der Waals surface area contributed by atoms with E-state index in [1.165, 1.54) is 27.1 Å². The molecule has 17 heavy (non-hydrogen) atoms. The molecule has 1 atom stereocenters. The molecule has 1 aromatic carbocycles. The fraction of sp³-hybridized carbons (Fsp3) is 0.333. The van der Waals surface area contributed by atoms with Crippen LogP contribution in [0.3, 0.4) is 0 Å². The van der Waals surface area contributed by atoms with Crippen LogP contribution >= 0.6 is 11.3 Å². The maximum atomic E-state index is 6.40. The summed E-state index contributed by atoms with van der Waals surface area (Å²) < 4.78 is 0. The van der Waals surface area contributed by atoms with Gasteiger partial charge in [0, 0.05) is 4.88 Å². The van der Waals surface area contributed by atoms with Crippen LogP contribution in [0.2, 0.25) is 0 Å². The smallest absolute Gasteiger partial charge is 0.0651 e. The molecule has 1 heterocycles. The standard InChI is InChI=1S/C15H19NS/c1-4-12-7-8-17-15(12)14(16)13-6-5-10(2)9-11(13)3/h5-9,14H,4,16H2,1-3H3. The SMILES string of the molecule is CCc1ccsc1C(N)c1ccc(C)cc1C. The van der Waals surface area contributed by atoms with Crippen molar-refractivity contribution in [1.82, 2.24) is 0 Å². The summed E-state index contributed by atoms with van der Waals surface area (Å²) in [6, 6.07) is 8.71. The first-order valence-electron chi connectivity index (χ1n) is 6.02. The molecular formula is C15H19NS. The molecule has 2 N–H and O–H groups in total. The van der Waals surface area contributed by atoms with E-state index in [1.807, 2.05) is 0 Å². The highest BCUT2D eigenvalue weighted by atomic mass is 32.1. The van der Waals surface area contributed by atoms with Gasteiger partial charge in [0.15, 0.2) is 0 Å². The number of benzene rings is 1. The van der Waals surface area contributed by atoms with Crippen LogP contribution in [0.25, 0.3) is 0 Å². The Morgan fingerprint density at radius 3 is 2.65 bits per heavy atom. The van der Waals surface area contributed by atoms with Gasteiger partial charge in [-0.2, -0.15) is 0 Å². The van der Waals surface area contributed by atoms with E-state index in [4.69, 9.17) is 5.73 Å². The van der Waals surface area contributed by atoms with Crippen molar-refractivity contribution in [3.8, 4) is 0 Å². The van der Waals surface area contributed by atoms with Gasteiger partial charge in [-0.1, -0.05) is 30.7 Å². The quantitative estimate of drug-likeness (QED) is 0.869. The largest absolute Gasteiger partial charge is 0.320 e. The Bertz CT molecular complexity index is 513. The highest BCUT2D eigenvalue weighted by Gasteiger charge is 2.15. The van der Waals surface area contributed by atoms with E-state index in [9.17, 15) is 0 Å². The first-order valence-corrected chi connectivity index (χ1v) is 6.90. The summed E-state index contributed by atoms with van der Waals surface area (Å²) in [5.74, 6) is 0. The van der Waals surface area contributed by atoms with E-state index < -0.39 is 0 Å². The van der Waals surface area contributed by atoms with Crippen LogP contribution in [0.1, 0.15) is 40.1 Å². The molecule has 0 radical (unpaired) electrons. The zero-order chi connectivity index (χ0) is 12.4. The van der Waals surface area contributed by atoms with E-state index >= 15 is 0 Å². The van der Waals surface area contributed by atoms with Crippen LogP contribution in [-0.4, -0.2) is 0 Å². The van der Waals surface area contributed by atoms with Gasteiger partial charge in [-0.3, -0.25) is 0 Å². The van der Waals surface area contributed by atoms with Gasteiger partial charge >= 0.3 is 0 Å². The van der Waals surface area contributed by atoms with Crippen molar-refractivity contribution < 1.29 is 0 Å². The van der Waals surface area contributed by atoms with Crippen molar-refractivity contribution in [2.45, 2.75) is 33.2 Å². The molecule has 1 aromatic heterocycles. The molecule has 0 saturated heterocycles.